The van der Waals surface area contributed by atoms with Crippen LogP contribution in [0, 0.1) is 5.41 Å². The number of aliphatic imine (C=N–C) groups is 1. The zero-order valence-electron chi connectivity index (χ0n) is 16.8. The average Bonchev–Trinajstić information content (AvgIpc) is 3.12. The van der Waals surface area contributed by atoms with E-state index in [1.54, 1.807) is 7.05 Å². The fraction of sp³-hybridized carbons (Fsp3) is 0.650. The molecule has 1 aromatic rings. The summed E-state index contributed by atoms with van der Waals surface area (Å²) in [5, 5.41) is 16.1. The van der Waals surface area contributed by atoms with Crippen molar-refractivity contribution in [1.82, 2.24) is 15.5 Å². The minimum atomic E-state index is -0.0143. The number of para-hydroxylation sites is 1. The summed E-state index contributed by atoms with van der Waals surface area (Å²) in [5.74, 6) is 1.63. The lowest BCUT2D eigenvalue weighted by molar-refractivity contribution is 0.127. The minimum absolute atomic E-state index is 0.0143. The summed E-state index contributed by atoms with van der Waals surface area (Å²) in [6.45, 7) is 4.50. The first-order chi connectivity index (χ1) is 13.1. The highest BCUT2D eigenvalue weighted by atomic mass is 16.5. The molecule has 2 rings (SSSR count). The Morgan fingerprint density at radius 2 is 2.15 bits per heavy atom. The van der Waals surface area contributed by atoms with Crippen LogP contribution in [0.2, 0.25) is 0 Å². The fourth-order valence-corrected chi connectivity index (χ4v) is 3.11. The van der Waals surface area contributed by atoms with Gasteiger partial charge >= 0.3 is 0 Å². The quantitative estimate of drug-likeness (QED) is 0.418. The van der Waals surface area contributed by atoms with Gasteiger partial charge in [-0.15, -0.1) is 0 Å². The first kappa shape index (κ1) is 21.5. The second-order valence-corrected chi connectivity index (χ2v) is 7.31. The van der Waals surface area contributed by atoms with Crippen LogP contribution in [0.4, 0.5) is 0 Å². The third-order valence-corrected chi connectivity index (χ3v) is 4.90. The molecule has 152 valence electrons. The van der Waals surface area contributed by atoms with Gasteiger partial charge in [0.2, 0.25) is 0 Å². The van der Waals surface area contributed by atoms with Gasteiger partial charge in [-0.2, -0.15) is 0 Å². The summed E-state index contributed by atoms with van der Waals surface area (Å²) < 4.78 is 11.5. The molecule has 0 aromatic heterocycles. The monoisotopic (exact) mass is 378 g/mol. The zero-order chi connectivity index (χ0) is 19.5. The molecule has 0 bridgehead atoms. The maximum atomic E-state index is 9.36. The van der Waals surface area contributed by atoms with Crippen molar-refractivity contribution in [2.24, 2.45) is 10.4 Å². The van der Waals surface area contributed by atoms with Gasteiger partial charge in [0.05, 0.1) is 6.61 Å². The van der Waals surface area contributed by atoms with E-state index in [4.69, 9.17) is 9.47 Å². The number of nitrogens with one attached hydrogen (secondary N) is 2. The van der Waals surface area contributed by atoms with Crippen LogP contribution in [0.5, 0.6) is 5.75 Å². The number of ether oxygens (including phenoxy) is 2. The Kier molecular flexibility index (Phi) is 8.84. The van der Waals surface area contributed by atoms with E-state index < -0.39 is 0 Å². The van der Waals surface area contributed by atoms with Gasteiger partial charge in [0.1, 0.15) is 12.4 Å². The summed E-state index contributed by atoms with van der Waals surface area (Å²) in [6, 6.07) is 8.05. The van der Waals surface area contributed by atoms with Gasteiger partial charge in [-0.05, 0) is 33.0 Å². The molecule has 7 heteroatoms. The van der Waals surface area contributed by atoms with Crippen molar-refractivity contribution in [3.63, 3.8) is 0 Å². The van der Waals surface area contributed by atoms with Crippen LogP contribution in [0.1, 0.15) is 18.4 Å². The van der Waals surface area contributed by atoms with Gasteiger partial charge in [0.25, 0.3) is 0 Å². The van der Waals surface area contributed by atoms with Crippen molar-refractivity contribution in [2.45, 2.75) is 19.4 Å². The molecule has 1 aliphatic rings. The number of guanidine groups is 1. The largest absolute Gasteiger partial charge is 0.492 e. The lowest BCUT2D eigenvalue weighted by Gasteiger charge is -2.27. The van der Waals surface area contributed by atoms with Crippen molar-refractivity contribution in [2.75, 3.05) is 60.7 Å². The molecule has 0 saturated carbocycles. The van der Waals surface area contributed by atoms with E-state index in [0.29, 0.717) is 19.8 Å². The number of benzene rings is 1. The van der Waals surface area contributed by atoms with Crippen LogP contribution in [0.25, 0.3) is 0 Å². The Morgan fingerprint density at radius 3 is 2.81 bits per heavy atom. The van der Waals surface area contributed by atoms with E-state index in [1.807, 2.05) is 32.3 Å². The number of aliphatic hydroxyl groups is 1. The van der Waals surface area contributed by atoms with Gasteiger partial charge < -0.3 is 30.1 Å². The molecule has 27 heavy (non-hydrogen) atoms. The minimum Gasteiger partial charge on any atom is -0.492 e. The first-order valence-corrected chi connectivity index (χ1v) is 9.57. The van der Waals surface area contributed by atoms with E-state index in [0.717, 1.165) is 49.8 Å². The average molecular weight is 379 g/mol. The molecule has 0 amide bonds. The second kappa shape index (κ2) is 11.1. The maximum absolute atomic E-state index is 9.36. The van der Waals surface area contributed by atoms with Crippen LogP contribution >= 0.6 is 0 Å². The molecular weight excluding hydrogens is 344 g/mol. The topological polar surface area (TPSA) is 78.4 Å². The Morgan fingerprint density at radius 1 is 1.33 bits per heavy atom. The molecule has 0 radical (unpaired) electrons. The van der Waals surface area contributed by atoms with Crippen LogP contribution in [0.15, 0.2) is 29.3 Å². The molecular formula is C20H34N4O3. The lowest BCUT2D eigenvalue weighted by atomic mass is 9.84. The number of hydrogen-bond acceptors (Lipinski definition) is 5. The molecule has 1 atom stereocenters. The summed E-state index contributed by atoms with van der Waals surface area (Å²) in [6.07, 6.45) is 1.69. The van der Waals surface area contributed by atoms with Crippen molar-refractivity contribution < 1.29 is 14.6 Å². The molecule has 1 heterocycles. The molecule has 0 aliphatic carbocycles. The summed E-state index contributed by atoms with van der Waals surface area (Å²) in [7, 11) is 5.83. The number of hydrogen-bond donors (Lipinski definition) is 3. The molecule has 0 spiro atoms. The van der Waals surface area contributed by atoms with E-state index in [2.05, 4.69) is 26.6 Å². The van der Waals surface area contributed by atoms with Gasteiger partial charge in [0.15, 0.2) is 5.96 Å². The fourth-order valence-electron chi connectivity index (χ4n) is 3.11. The summed E-state index contributed by atoms with van der Waals surface area (Å²) in [4.78, 5) is 6.41. The predicted octanol–water partition coefficient (Wildman–Crippen LogP) is 1.08. The van der Waals surface area contributed by atoms with Crippen molar-refractivity contribution >= 4 is 5.96 Å². The van der Waals surface area contributed by atoms with Gasteiger partial charge in [0, 0.05) is 50.9 Å². The Balaban J connectivity index is 1.87. The third kappa shape index (κ3) is 7.01. The molecule has 1 aliphatic heterocycles. The van der Waals surface area contributed by atoms with Crippen molar-refractivity contribution in [3.05, 3.63) is 29.8 Å². The summed E-state index contributed by atoms with van der Waals surface area (Å²) in [5.41, 5.74) is 1.08. The van der Waals surface area contributed by atoms with Crippen LogP contribution < -0.4 is 15.4 Å². The second-order valence-electron chi connectivity index (χ2n) is 7.31. The number of aliphatic hydroxyl groups excluding tert-OH is 1. The number of rotatable bonds is 10. The van der Waals surface area contributed by atoms with Crippen LogP contribution in [0.3, 0.4) is 0 Å². The summed E-state index contributed by atoms with van der Waals surface area (Å²) >= 11 is 0. The Labute approximate surface area is 162 Å². The maximum Gasteiger partial charge on any atom is 0.191 e. The molecule has 7 nitrogen and oxygen atoms in total. The van der Waals surface area contributed by atoms with Crippen molar-refractivity contribution in [3.8, 4) is 5.75 Å². The highest BCUT2D eigenvalue weighted by Crippen LogP contribution is 2.31. The van der Waals surface area contributed by atoms with Crippen LogP contribution in [-0.2, 0) is 11.3 Å². The first-order valence-electron chi connectivity index (χ1n) is 9.57. The van der Waals surface area contributed by atoms with Crippen LogP contribution in [-0.4, -0.2) is 76.6 Å². The predicted molar refractivity (Wildman–Crippen MR) is 108 cm³/mol. The molecule has 1 saturated heterocycles. The Bertz CT molecular complexity index is 586. The van der Waals surface area contributed by atoms with Gasteiger partial charge in [-0.3, -0.25) is 4.99 Å². The van der Waals surface area contributed by atoms with E-state index in [-0.39, 0.29) is 12.0 Å². The standard InChI is InChI=1S/C20H34N4O3/c1-21-19(23-15-20(8-11-25)9-12-26-16-20)22-14-17-6-4-5-7-18(17)27-13-10-24(2)3/h4-7,25H,8-16H2,1-3H3,(H2,21,22,23). The zero-order valence-corrected chi connectivity index (χ0v) is 16.8. The van der Waals surface area contributed by atoms with Gasteiger partial charge in [-0.25, -0.2) is 0 Å². The molecule has 1 unspecified atom stereocenters. The molecule has 1 fully saturated rings. The highest BCUT2D eigenvalue weighted by molar-refractivity contribution is 5.79. The smallest absolute Gasteiger partial charge is 0.191 e. The van der Waals surface area contributed by atoms with E-state index in [9.17, 15) is 5.11 Å². The Hall–Kier alpha value is -1.83. The number of likely N-dealkylation sites (N-methyl/N-ethyl adjacent to an activating group) is 1. The molecule has 3 N–H and O–H groups in total. The van der Waals surface area contributed by atoms with Crippen molar-refractivity contribution in [1.29, 1.82) is 0 Å². The molecule has 1 aromatic carbocycles. The third-order valence-electron chi connectivity index (χ3n) is 4.90. The van der Waals surface area contributed by atoms with E-state index >= 15 is 0 Å². The number of nitrogens with zero attached hydrogens (tertiary/aromatic N) is 2. The van der Waals surface area contributed by atoms with Gasteiger partial charge in [-0.1, -0.05) is 18.2 Å². The van der Waals surface area contributed by atoms with E-state index in [1.165, 1.54) is 0 Å². The normalized spacial score (nSPS) is 20.1. The highest BCUT2D eigenvalue weighted by Gasteiger charge is 2.34. The lowest BCUT2D eigenvalue weighted by Crippen LogP contribution is -2.44. The SMILES string of the molecule is CN=C(NCc1ccccc1OCCN(C)C)NCC1(CCO)CCOC1.